The highest BCUT2D eigenvalue weighted by Crippen LogP contribution is 2.24. The molecule has 1 heterocycles. The van der Waals surface area contributed by atoms with Crippen molar-refractivity contribution in [1.82, 2.24) is 5.32 Å². The van der Waals surface area contributed by atoms with Crippen molar-refractivity contribution in [3.8, 4) is 0 Å². The topological polar surface area (TPSA) is 51.2 Å². The zero-order chi connectivity index (χ0) is 16.2. The van der Waals surface area contributed by atoms with E-state index < -0.39 is 0 Å². The largest absolute Gasteiger partial charge is 0.372 e. The Balaban J connectivity index is 1.82. The van der Waals surface area contributed by atoms with E-state index in [2.05, 4.69) is 60.6 Å². The van der Waals surface area contributed by atoms with Gasteiger partial charge in [0.15, 0.2) is 0 Å². The average Bonchev–Trinajstić information content (AvgIpc) is 2.45. The van der Waals surface area contributed by atoms with E-state index in [-0.39, 0.29) is 5.54 Å². The highest BCUT2D eigenvalue weighted by atomic mass is 15.1. The lowest BCUT2D eigenvalue weighted by molar-refractivity contribution is 0.329. The van der Waals surface area contributed by atoms with Gasteiger partial charge in [-0.2, -0.15) is 0 Å². The number of hydrogen-bond acceptors (Lipinski definition) is 3. The van der Waals surface area contributed by atoms with E-state index in [9.17, 15) is 0 Å². The summed E-state index contributed by atoms with van der Waals surface area (Å²) in [6.45, 7) is 11.8. The van der Waals surface area contributed by atoms with Crippen LogP contribution in [-0.2, 0) is 0 Å². The van der Waals surface area contributed by atoms with Gasteiger partial charge in [0.2, 0.25) is 0 Å². The molecule has 0 radical (unpaired) electrons. The van der Waals surface area contributed by atoms with Crippen LogP contribution in [0.3, 0.4) is 0 Å². The monoisotopic (exact) mass is 302 g/mol. The number of nitrogens with zero attached hydrogens (tertiary/aromatic N) is 1. The van der Waals surface area contributed by atoms with E-state index in [1.54, 1.807) is 6.92 Å². The Kier molecular flexibility index (Phi) is 5.46. The lowest BCUT2D eigenvalue weighted by Crippen LogP contribution is -2.42. The van der Waals surface area contributed by atoms with Gasteiger partial charge < -0.3 is 15.5 Å². The quantitative estimate of drug-likeness (QED) is 0.587. The number of nitrogens with one attached hydrogen (secondary N) is 3. The van der Waals surface area contributed by atoms with E-state index in [1.807, 2.05) is 0 Å². The van der Waals surface area contributed by atoms with Crippen molar-refractivity contribution in [1.29, 1.82) is 5.41 Å². The Morgan fingerprint density at radius 1 is 1.18 bits per heavy atom. The van der Waals surface area contributed by atoms with Crippen LogP contribution in [0, 0.1) is 11.3 Å². The molecule has 0 saturated carbocycles. The molecule has 2 rings (SSSR count). The second kappa shape index (κ2) is 7.14. The fraction of sp³-hybridized carbons (Fsp3) is 0.611. The SMILES string of the molecule is CC(=N)Nc1ccc(N2CCC(CNC(C)(C)C)CC2)cc1. The second-order valence-corrected chi connectivity index (χ2v) is 7.36. The van der Waals surface area contributed by atoms with Crippen LogP contribution in [0.5, 0.6) is 0 Å². The van der Waals surface area contributed by atoms with Crippen molar-refractivity contribution >= 4 is 17.2 Å². The summed E-state index contributed by atoms with van der Waals surface area (Å²) in [6.07, 6.45) is 2.51. The first-order chi connectivity index (χ1) is 10.3. The molecule has 1 aromatic rings. The molecule has 1 aliphatic heterocycles. The van der Waals surface area contributed by atoms with Crippen LogP contribution in [0.1, 0.15) is 40.5 Å². The molecular weight excluding hydrogens is 272 g/mol. The minimum Gasteiger partial charge on any atom is -0.372 e. The van der Waals surface area contributed by atoms with E-state index >= 15 is 0 Å². The minimum atomic E-state index is 0.215. The van der Waals surface area contributed by atoms with Gasteiger partial charge in [-0.1, -0.05) is 0 Å². The van der Waals surface area contributed by atoms with Crippen LogP contribution >= 0.6 is 0 Å². The first-order valence-electron chi connectivity index (χ1n) is 8.26. The molecule has 0 aromatic heterocycles. The molecule has 0 amide bonds. The highest BCUT2D eigenvalue weighted by molar-refractivity contribution is 5.91. The summed E-state index contributed by atoms with van der Waals surface area (Å²) in [6, 6.07) is 8.42. The van der Waals surface area contributed by atoms with Gasteiger partial charge in [0.25, 0.3) is 0 Å². The van der Waals surface area contributed by atoms with Crippen LogP contribution in [0.25, 0.3) is 0 Å². The van der Waals surface area contributed by atoms with Crippen molar-refractivity contribution in [2.45, 2.75) is 46.1 Å². The molecule has 0 atom stereocenters. The smallest absolute Gasteiger partial charge is 0.0944 e. The second-order valence-electron chi connectivity index (χ2n) is 7.36. The highest BCUT2D eigenvalue weighted by Gasteiger charge is 2.21. The normalized spacial score (nSPS) is 16.6. The molecule has 4 nitrogen and oxygen atoms in total. The maximum atomic E-state index is 7.46. The number of piperidine rings is 1. The summed E-state index contributed by atoms with van der Waals surface area (Å²) < 4.78 is 0. The van der Waals surface area contributed by atoms with Gasteiger partial charge in [0.1, 0.15) is 0 Å². The molecule has 3 N–H and O–H groups in total. The predicted octanol–water partition coefficient (Wildman–Crippen LogP) is 3.70. The van der Waals surface area contributed by atoms with Gasteiger partial charge >= 0.3 is 0 Å². The van der Waals surface area contributed by atoms with Crippen LogP contribution < -0.4 is 15.5 Å². The van der Waals surface area contributed by atoms with Crippen LogP contribution in [-0.4, -0.2) is 31.0 Å². The third-order valence-corrected chi connectivity index (χ3v) is 4.10. The number of amidine groups is 1. The fourth-order valence-electron chi connectivity index (χ4n) is 2.82. The van der Waals surface area contributed by atoms with Crippen molar-refractivity contribution in [3.05, 3.63) is 24.3 Å². The van der Waals surface area contributed by atoms with Crippen molar-refractivity contribution in [3.63, 3.8) is 0 Å². The van der Waals surface area contributed by atoms with Gasteiger partial charge in [-0.05, 0) is 77.3 Å². The molecule has 1 aliphatic rings. The lowest BCUT2D eigenvalue weighted by atomic mass is 9.95. The molecule has 122 valence electrons. The number of hydrogen-bond donors (Lipinski definition) is 3. The zero-order valence-corrected chi connectivity index (χ0v) is 14.4. The predicted molar refractivity (Wildman–Crippen MR) is 96.2 cm³/mol. The molecule has 4 heteroatoms. The van der Waals surface area contributed by atoms with Crippen molar-refractivity contribution < 1.29 is 0 Å². The molecule has 1 fully saturated rings. The Labute approximate surface area is 134 Å². The molecule has 0 unspecified atom stereocenters. The zero-order valence-electron chi connectivity index (χ0n) is 14.4. The van der Waals surface area contributed by atoms with Crippen LogP contribution in [0.4, 0.5) is 11.4 Å². The summed E-state index contributed by atoms with van der Waals surface area (Å²) in [4.78, 5) is 2.47. The maximum absolute atomic E-state index is 7.46. The number of benzene rings is 1. The van der Waals surface area contributed by atoms with Crippen molar-refractivity contribution in [2.75, 3.05) is 29.9 Å². The van der Waals surface area contributed by atoms with E-state index in [0.717, 1.165) is 31.2 Å². The minimum absolute atomic E-state index is 0.215. The van der Waals surface area contributed by atoms with E-state index in [1.165, 1.54) is 18.5 Å². The third kappa shape index (κ3) is 5.34. The average molecular weight is 302 g/mol. The third-order valence-electron chi connectivity index (χ3n) is 4.10. The van der Waals surface area contributed by atoms with Crippen LogP contribution in [0.2, 0.25) is 0 Å². The Hall–Kier alpha value is -1.55. The lowest BCUT2D eigenvalue weighted by Gasteiger charge is -2.35. The van der Waals surface area contributed by atoms with Crippen LogP contribution in [0.15, 0.2) is 24.3 Å². The van der Waals surface area contributed by atoms with Crippen molar-refractivity contribution in [2.24, 2.45) is 5.92 Å². The summed E-state index contributed by atoms with van der Waals surface area (Å²) in [7, 11) is 0. The van der Waals surface area contributed by atoms with Gasteiger partial charge in [0, 0.05) is 30.0 Å². The van der Waals surface area contributed by atoms with Gasteiger partial charge in [-0.15, -0.1) is 0 Å². The fourth-order valence-corrected chi connectivity index (χ4v) is 2.82. The molecule has 22 heavy (non-hydrogen) atoms. The van der Waals surface area contributed by atoms with Gasteiger partial charge in [-0.25, -0.2) is 0 Å². The summed E-state index contributed by atoms with van der Waals surface area (Å²) in [5, 5.41) is 14.1. The summed E-state index contributed by atoms with van der Waals surface area (Å²) in [5.74, 6) is 1.26. The Bertz CT molecular complexity index is 479. The Morgan fingerprint density at radius 3 is 2.27 bits per heavy atom. The Morgan fingerprint density at radius 2 is 1.77 bits per heavy atom. The summed E-state index contributed by atoms with van der Waals surface area (Å²) >= 11 is 0. The van der Waals surface area contributed by atoms with E-state index in [0.29, 0.717) is 5.84 Å². The number of rotatable bonds is 4. The standard InChI is InChI=1S/C18H30N4/c1-14(19)21-16-5-7-17(8-6-16)22-11-9-15(10-12-22)13-20-18(2,3)4/h5-8,15,20H,9-13H2,1-4H3,(H2,19,21). The molecule has 0 spiro atoms. The van der Waals surface area contributed by atoms with Gasteiger partial charge in [-0.3, -0.25) is 5.41 Å². The molecule has 0 aliphatic carbocycles. The van der Waals surface area contributed by atoms with E-state index in [4.69, 9.17) is 5.41 Å². The number of anilines is 2. The van der Waals surface area contributed by atoms with Gasteiger partial charge in [0.05, 0.1) is 5.84 Å². The first kappa shape index (κ1) is 16.8. The molecule has 1 saturated heterocycles. The summed E-state index contributed by atoms with van der Waals surface area (Å²) in [5.41, 5.74) is 2.49. The molecule has 1 aromatic carbocycles. The maximum Gasteiger partial charge on any atom is 0.0944 e. The molecular formula is C18H30N4. The molecule has 0 bridgehead atoms. The first-order valence-corrected chi connectivity index (χ1v) is 8.26.